The molecule has 2 aromatic carbocycles. The van der Waals surface area contributed by atoms with Crippen molar-refractivity contribution in [2.24, 2.45) is 0 Å². The second-order valence-electron chi connectivity index (χ2n) is 8.21. The average molecular weight is 449 g/mol. The van der Waals surface area contributed by atoms with E-state index in [4.69, 9.17) is 4.74 Å². The Morgan fingerprint density at radius 1 is 1.12 bits per heavy atom. The molecular weight excluding hydrogens is 420 g/mol. The molecule has 2 amide bonds. The normalized spacial score (nSPS) is 15.4. The highest BCUT2D eigenvalue weighted by molar-refractivity contribution is 7.10. The molecule has 32 heavy (non-hydrogen) atoms. The number of amides is 2. The van der Waals surface area contributed by atoms with Gasteiger partial charge in [0.25, 0.3) is 5.91 Å². The van der Waals surface area contributed by atoms with Gasteiger partial charge < -0.3 is 14.5 Å². The number of ether oxygens (including phenoxy) is 1. The molecule has 1 unspecified atom stereocenters. The maximum atomic E-state index is 13.6. The number of nitrogens with zero attached hydrogens (tertiary/aromatic N) is 2. The van der Waals surface area contributed by atoms with Crippen molar-refractivity contribution in [3.05, 3.63) is 87.6 Å². The maximum absolute atomic E-state index is 13.6. The van der Waals surface area contributed by atoms with E-state index < -0.39 is 0 Å². The van der Waals surface area contributed by atoms with E-state index in [9.17, 15) is 9.59 Å². The van der Waals surface area contributed by atoms with E-state index in [0.717, 1.165) is 12.0 Å². The van der Waals surface area contributed by atoms with Gasteiger partial charge >= 0.3 is 0 Å². The summed E-state index contributed by atoms with van der Waals surface area (Å²) in [6.07, 6.45) is 0.841. The van der Waals surface area contributed by atoms with Gasteiger partial charge in [0, 0.05) is 23.0 Å². The van der Waals surface area contributed by atoms with Gasteiger partial charge in [0.2, 0.25) is 5.91 Å². The third-order valence-corrected chi connectivity index (χ3v) is 6.90. The second-order valence-corrected chi connectivity index (χ2v) is 9.21. The zero-order chi connectivity index (χ0) is 22.7. The molecular formula is C26H28N2O3S. The number of methoxy groups -OCH3 is 1. The molecule has 0 saturated carbocycles. The molecule has 0 spiro atoms. The van der Waals surface area contributed by atoms with Crippen molar-refractivity contribution in [3.63, 3.8) is 0 Å². The summed E-state index contributed by atoms with van der Waals surface area (Å²) in [5.74, 6) is 0.411. The molecule has 0 saturated heterocycles. The third-order valence-electron chi connectivity index (χ3n) is 5.91. The number of hydrogen-bond acceptors (Lipinski definition) is 4. The van der Waals surface area contributed by atoms with Crippen LogP contribution in [0.2, 0.25) is 0 Å². The summed E-state index contributed by atoms with van der Waals surface area (Å²) in [4.78, 5) is 31.8. The van der Waals surface area contributed by atoms with Gasteiger partial charge in [0.15, 0.2) is 0 Å². The molecule has 0 N–H and O–H groups in total. The highest BCUT2D eigenvalue weighted by Crippen LogP contribution is 2.37. The van der Waals surface area contributed by atoms with E-state index in [2.05, 4.69) is 23.6 Å². The number of benzene rings is 2. The molecule has 1 aliphatic rings. The van der Waals surface area contributed by atoms with Crippen LogP contribution in [0.5, 0.6) is 5.75 Å². The minimum atomic E-state index is -0.170. The Hall–Kier alpha value is -3.12. The van der Waals surface area contributed by atoms with E-state index in [0.29, 0.717) is 17.9 Å². The van der Waals surface area contributed by atoms with Crippen molar-refractivity contribution in [1.29, 1.82) is 0 Å². The molecule has 0 aliphatic carbocycles. The minimum Gasteiger partial charge on any atom is -0.497 e. The van der Waals surface area contributed by atoms with Gasteiger partial charge in [0.1, 0.15) is 12.3 Å². The lowest BCUT2D eigenvalue weighted by atomic mass is 9.93. The van der Waals surface area contributed by atoms with Gasteiger partial charge in [-0.05, 0) is 61.0 Å². The molecule has 6 heteroatoms. The monoisotopic (exact) mass is 448 g/mol. The summed E-state index contributed by atoms with van der Waals surface area (Å²) in [6, 6.07) is 19.1. The molecule has 1 atom stereocenters. The van der Waals surface area contributed by atoms with E-state index in [1.165, 1.54) is 10.4 Å². The van der Waals surface area contributed by atoms with Crippen molar-refractivity contribution in [1.82, 2.24) is 9.80 Å². The first kappa shape index (κ1) is 22.1. The predicted octanol–water partition coefficient (Wildman–Crippen LogP) is 4.78. The summed E-state index contributed by atoms with van der Waals surface area (Å²) in [6.45, 7) is 4.56. The number of carbonyl (C=O) groups excluding carboxylic acids is 2. The SMILES string of the molecule is COc1cccc(C(=O)N(CC(=O)N2CCc3sccc3C2c2ccccc2)C(C)C)c1. The molecule has 0 fully saturated rings. The van der Waals surface area contributed by atoms with Crippen LogP contribution in [0.1, 0.15) is 46.3 Å². The van der Waals surface area contributed by atoms with Gasteiger partial charge in [-0.2, -0.15) is 0 Å². The van der Waals surface area contributed by atoms with Gasteiger partial charge in [-0.15, -0.1) is 11.3 Å². The van der Waals surface area contributed by atoms with Crippen molar-refractivity contribution < 1.29 is 14.3 Å². The van der Waals surface area contributed by atoms with E-state index in [1.54, 1.807) is 47.6 Å². The van der Waals surface area contributed by atoms with Crippen LogP contribution >= 0.6 is 11.3 Å². The Labute approximate surface area is 193 Å². The zero-order valence-corrected chi connectivity index (χ0v) is 19.5. The van der Waals surface area contributed by atoms with Crippen LogP contribution in [0.3, 0.4) is 0 Å². The van der Waals surface area contributed by atoms with Gasteiger partial charge in [0.05, 0.1) is 13.2 Å². The first-order valence-electron chi connectivity index (χ1n) is 10.8. The quantitative estimate of drug-likeness (QED) is 0.545. The van der Waals surface area contributed by atoms with Crippen molar-refractivity contribution in [2.45, 2.75) is 32.4 Å². The summed E-state index contributed by atoms with van der Waals surface area (Å²) in [5, 5.41) is 2.10. The Morgan fingerprint density at radius 2 is 1.91 bits per heavy atom. The number of rotatable bonds is 6. The van der Waals surface area contributed by atoms with Crippen molar-refractivity contribution in [2.75, 3.05) is 20.2 Å². The summed E-state index contributed by atoms with van der Waals surface area (Å²) < 4.78 is 5.27. The number of fused-ring (bicyclic) bond motifs is 1. The lowest BCUT2D eigenvalue weighted by Gasteiger charge is -2.38. The van der Waals surface area contributed by atoms with E-state index in [-0.39, 0.29) is 30.4 Å². The fourth-order valence-electron chi connectivity index (χ4n) is 4.23. The lowest BCUT2D eigenvalue weighted by Crippen LogP contribution is -2.48. The molecule has 0 bridgehead atoms. The molecule has 166 valence electrons. The molecule has 1 aliphatic heterocycles. The van der Waals surface area contributed by atoms with E-state index in [1.807, 2.05) is 36.9 Å². The number of hydrogen-bond donors (Lipinski definition) is 0. The van der Waals surface area contributed by atoms with Crippen LogP contribution in [0.25, 0.3) is 0 Å². The van der Waals surface area contributed by atoms with Crippen LogP contribution in [-0.2, 0) is 11.2 Å². The first-order chi connectivity index (χ1) is 15.5. The van der Waals surface area contributed by atoms with Crippen LogP contribution in [0.4, 0.5) is 0 Å². The van der Waals surface area contributed by atoms with Crippen LogP contribution in [0.15, 0.2) is 66.0 Å². The van der Waals surface area contributed by atoms with Crippen LogP contribution in [-0.4, -0.2) is 47.9 Å². The first-order valence-corrected chi connectivity index (χ1v) is 11.7. The fraction of sp³-hybridized carbons (Fsp3) is 0.308. The van der Waals surface area contributed by atoms with Gasteiger partial charge in [-0.1, -0.05) is 36.4 Å². The Balaban J connectivity index is 1.61. The molecule has 0 radical (unpaired) electrons. The minimum absolute atomic E-state index is 0.0382. The lowest BCUT2D eigenvalue weighted by molar-refractivity contribution is -0.134. The Bertz CT molecular complexity index is 1090. The standard InChI is InChI=1S/C26H28N2O3S/c1-18(2)28(26(30)20-10-7-11-21(16-20)31-3)17-24(29)27-14-12-23-22(13-15-32-23)25(27)19-8-5-4-6-9-19/h4-11,13,15-16,18,25H,12,14,17H2,1-3H3. The Morgan fingerprint density at radius 3 is 2.62 bits per heavy atom. The van der Waals surface area contributed by atoms with E-state index >= 15 is 0 Å². The van der Waals surface area contributed by atoms with Crippen LogP contribution < -0.4 is 4.74 Å². The molecule has 1 aromatic heterocycles. The van der Waals surface area contributed by atoms with Gasteiger partial charge in [-0.25, -0.2) is 0 Å². The molecule has 4 rings (SSSR count). The predicted molar refractivity (Wildman–Crippen MR) is 127 cm³/mol. The summed E-state index contributed by atoms with van der Waals surface area (Å²) in [5.41, 5.74) is 2.80. The molecule has 2 heterocycles. The number of carbonyl (C=O) groups is 2. The summed E-state index contributed by atoms with van der Waals surface area (Å²) >= 11 is 1.75. The average Bonchev–Trinajstić information content (AvgIpc) is 3.30. The zero-order valence-electron chi connectivity index (χ0n) is 18.7. The Kier molecular flexibility index (Phi) is 6.61. The highest BCUT2D eigenvalue weighted by atomic mass is 32.1. The molecule has 3 aromatic rings. The fourth-order valence-corrected chi connectivity index (χ4v) is 5.13. The maximum Gasteiger partial charge on any atom is 0.254 e. The largest absolute Gasteiger partial charge is 0.497 e. The second kappa shape index (κ2) is 9.57. The van der Waals surface area contributed by atoms with Crippen molar-refractivity contribution in [3.8, 4) is 5.75 Å². The number of thiophene rings is 1. The third kappa shape index (κ3) is 4.41. The van der Waals surface area contributed by atoms with Crippen LogP contribution in [0, 0.1) is 0 Å². The highest BCUT2D eigenvalue weighted by Gasteiger charge is 2.34. The van der Waals surface area contributed by atoms with Gasteiger partial charge in [-0.3, -0.25) is 9.59 Å². The smallest absolute Gasteiger partial charge is 0.254 e. The molecule has 5 nitrogen and oxygen atoms in total. The summed E-state index contributed by atoms with van der Waals surface area (Å²) in [7, 11) is 1.58. The van der Waals surface area contributed by atoms with Crippen molar-refractivity contribution >= 4 is 23.2 Å². The topological polar surface area (TPSA) is 49.9 Å².